The van der Waals surface area contributed by atoms with Gasteiger partial charge in [0.25, 0.3) is 0 Å². The molecule has 1 fully saturated rings. The molecule has 1 aliphatic rings. The van der Waals surface area contributed by atoms with Crippen molar-refractivity contribution in [2.24, 2.45) is 5.92 Å². The SMILES string of the molecule is CCCCCCC[SiH]1CCC(c2cc(F)c(C[C@H](C)CC)c(F)c2)CC1. The van der Waals surface area contributed by atoms with Crippen molar-refractivity contribution in [3.63, 3.8) is 0 Å². The molecule has 0 aromatic heterocycles. The molecule has 0 unspecified atom stereocenters. The number of unbranched alkanes of at least 4 members (excludes halogenated alkanes) is 4. The van der Waals surface area contributed by atoms with Crippen LogP contribution in [-0.2, 0) is 6.42 Å². The number of benzene rings is 1. The minimum Gasteiger partial charge on any atom is -0.207 e. The molecule has 3 heteroatoms. The first kappa shape index (κ1) is 21.6. The average molecular weight is 381 g/mol. The van der Waals surface area contributed by atoms with Crippen molar-refractivity contribution in [3.8, 4) is 0 Å². The number of hydrogen-bond donors (Lipinski definition) is 0. The highest BCUT2D eigenvalue weighted by Gasteiger charge is 2.25. The lowest BCUT2D eigenvalue weighted by Crippen LogP contribution is -2.20. The molecule has 0 aliphatic carbocycles. The first-order chi connectivity index (χ1) is 12.5. The van der Waals surface area contributed by atoms with Gasteiger partial charge >= 0.3 is 0 Å². The highest BCUT2D eigenvalue weighted by Crippen LogP contribution is 2.36. The third kappa shape index (κ3) is 6.47. The normalized spacial score (nSPS) is 21.7. The minimum absolute atomic E-state index is 0.290. The monoisotopic (exact) mass is 380 g/mol. The molecule has 0 saturated carbocycles. The third-order valence-electron chi connectivity index (χ3n) is 6.45. The van der Waals surface area contributed by atoms with E-state index in [1.807, 2.05) is 0 Å². The van der Waals surface area contributed by atoms with Gasteiger partial charge in [-0.3, -0.25) is 0 Å². The third-order valence-corrected chi connectivity index (χ3v) is 9.97. The van der Waals surface area contributed by atoms with E-state index in [9.17, 15) is 8.78 Å². The van der Waals surface area contributed by atoms with E-state index in [0.29, 0.717) is 23.8 Å². The second kappa shape index (κ2) is 11.2. The fourth-order valence-electron chi connectivity index (χ4n) is 4.37. The molecule has 1 heterocycles. The van der Waals surface area contributed by atoms with E-state index >= 15 is 0 Å². The van der Waals surface area contributed by atoms with Crippen molar-refractivity contribution in [1.82, 2.24) is 0 Å². The van der Waals surface area contributed by atoms with E-state index in [0.717, 1.165) is 24.8 Å². The molecule has 1 aliphatic heterocycles. The quantitative estimate of drug-likeness (QED) is 0.289. The maximum absolute atomic E-state index is 14.5. The van der Waals surface area contributed by atoms with Crippen LogP contribution in [0, 0.1) is 17.6 Å². The maximum Gasteiger partial charge on any atom is 0.129 e. The Hall–Kier alpha value is -0.703. The van der Waals surface area contributed by atoms with Crippen LogP contribution in [0.4, 0.5) is 8.78 Å². The Bertz CT molecular complexity index is 512. The van der Waals surface area contributed by atoms with Crippen molar-refractivity contribution in [3.05, 3.63) is 34.9 Å². The summed E-state index contributed by atoms with van der Waals surface area (Å²) >= 11 is 0. The molecule has 2 rings (SSSR count). The van der Waals surface area contributed by atoms with Gasteiger partial charge < -0.3 is 0 Å². The van der Waals surface area contributed by atoms with E-state index < -0.39 is 8.80 Å². The molecule has 0 radical (unpaired) electrons. The van der Waals surface area contributed by atoms with Crippen molar-refractivity contribution < 1.29 is 8.78 Å². The molecule has 0 nitrogen and oxygen atoms in total. The topological polar surface area (TPSA) is 0 Å². The number of halogens is 2. The summed E-state index contributed by atoms with van der Waals surface area (Å²) in [6.07, 6.45) is 10.6. The molecule has 1 aromatic rings. The Morgan fingerprint density at radius 2 is 1.62 bits per heavy atom. The molecule has 0 bridgehead atoms. The number of hydrogen-bond acceptors (Lipinski definition) is 0. The lowest BCUT2D eigenvalue weighted by molar-refractivity contribution is 0.492. The van der Waals surface area contributed by atoms with E-state index in [1.54, 1.807) is 12.1 Å². The second-order valence-electron chi connectivity index (χ2n) is 8.60. The summed E-state index contributed by atoms with van der Waals surface area (Å²) in [5.74, 6) is 0.0512. The Morgan fingerprint density at radius 3 is 2.19 bits per heavy atom. The molecule has 0 amide bonds. The van der Waals surface area contributed by atoms with Crippen LogP contribution in [0.15, 0.2) is 12.1 Å². The van der Waals surface area contributed by atoms with Crippen molar-refractivity contribution in [2.75, 3.05) is 0 Å². The zero-order valence-corrected chi connectivity index (χ0v) is 18.3. The van der Waals surface area contributed by atoms with Crippen LogP contribution in [0.5, 0.6) is 0 Å². The summed E-state index contributed by atoms with van der Waals surface area (Å²) in [6, 6.07) is 7.47. The lowest BCUT2D eigenvalue weighted by atomic mass is 9.90. The lowest BCUT2D eigenvalue weighted by Gasteiger charge is -2.28. The fourth-order valence-corrected chi connectivity index (χ4v) is 7.85. The van der Waals surface area contributed by atoms with Crippen LogP contribution in [0.1, 0.15) is 89.2 Å². The summed E-state index contributed by atoms with van der Waals surface area (Å²) in [6.45, 7) is 6.39. The molecule has 1 aromatic carbocycles. The molecule has 26 heavy (non-hydrogen) atoms. The summed E-state index contributed by atoms with van der Waals surface area (Å²) in [5, 5.41) is 0. The van der Waals surface area contributed by atoms with Crippen molar-refractivity contribution >= 4 is 8.80 Å². The number of rotatable bonds is 10. The predicted octanol–water partition coefficient (Wildman–Crippen LogP) is 7.63. The zero-order chi connectivity index (χ0) is 18.9. The summed E-state index contributed by atoms with van der Waals surface area (Å²) < 4.78 is 29.0. The highest BCUT2D eigenvalue weighted by molar-refractivity contribution is 6.59. The van der Waals surface area contributed by atoms with E-state index in [1.165, 1.54) is 50.2 Å². The van der Waals surface area contributed by atoms with Crippen LogP contribution < -0.4 is 0 Å². The van der Waals surface area contributed by atoms with Gasteiger partial charge in [0.05, 0.1) is 0 Å². The first-order valence-corrected chi connectivity index (χ1v) is 13.5. The van der Waals surface area contributed by atoms with Gasteiger partial charge in [0.2, 0.25) is 0 Å². The van der Waals surface area contributed by atoms with Gasteiger partial charge in [0.1, 0.15) is 11.6 Å². The van der Waals surface area contributed by atoms with Gasteiger partial charge in [-0.2, -0.15) is 0 Å². The van der Waals surface area contributed by atoms with E-state index in [2.05, 4.69) is 20.8 Å². The van der Waals surface area contributed by atoms with Crippen molar-refractivity contribution in [2.45, 2.75) is 103 Å². The van der Waals surface area contributed by atoms with Crippen LogP contribution in [-0.4, -0.2) is 8.80 Å². The minimum atomic E-state index is -0.586. The predicted molar refractivity (Wildman–Crippen MR) is 112 cm³/mol. The Morgan fingerprint density at radius 1 is 1.00 bits per heavy atom. The van der Waals surface area contributed by atoms with Gasteiger partial charge in [-0.15, -0.1) is 0 Å². The smallest absolute Gasteiger partial charge is 0.129 e. The van der Waals surface area contributed by atoms with Gasteiger partial charge in [-0.05, 0) is 48.8 Å². The Labute approximate surface area is 161 Å². The summed E-state index contributed by atoms with van der Waals surface area (Å²) in [7, 11) is -0.586. The van der Waals surface area contributed by atoms with Crippen LogP contribution in [0.2, 0.25) is 18.1 Å². The largest absolute Gasteiger partial charge is 0.207 e. The highest BCUT2D eigenvalue weighted by atomic mass is 28.3. The first-order valence-electron chi connectivity index (χ1n) is 11.0. The average Bonchev–Trinajstić information content (AvgIpc) is 2.64. The summed E-state index contributed by atoms with van der Waals surface area (Å²) in [4.78, 5) is 0. The molecule has 148 valence electrons. The second-order valence-corrected chi connectivity index (χ2v) is 12.1. The fraction of sp³-hybridized carbons (Fsp3) is 0.739. The molecule has 0 spiro atoms. The molecule has 1 atom stereocenters. The van der Waals surface area contributed by atoms with Gasteiger partial charge in [-0.1, -0.05) is 77.4 Å². The molecular weight excluding hydrogens is 342 g/mol. The Kier molecular flexibility index (Phi) is 9.31. The van der Waals surface area contributed by atoms with Gasteiger partial charge in [0.15, 0.2) is 0 Å². The van der Waals surface area contributed by atoms with Crippen LogP contribution >= 0.6 is 0 Å². The Balaban J connectivity index is 1.85. The van der Waals surface area contributed by atoms with Crippen LogP contribution in [0.3, 0.4) is 0 Å². The van der Waals surface area contributed by atoms with Crippen molar-refractivity contribution in [1.29, 1.82) is 0 Å². The van der Waals surface area contributed by atoms with Gasteiger partial charge in [-0.25, -0.2) is 8.78 Å². The van der Waals surface area contributed by atoms with E-state index in [4.69, 9.17) is 0 Å². The molecular formula is C23H38F2Si. The van der Waals surface area contributed by atoms with Crippen LogP contribution in [0.25, 0.3) is 0 Å². The van der Waals surface area contributed by atoms with E-state index in [-0.39, 0.29) is 11.6 Å². The summed E-state index contributed by atoms with van der Waals surface area (Å²) in [5.41, 5.74) is 1.20. The molecule has 0 N–H and O–H groups in total. The van der Waals surface area contributed by atoms with Gasteiger partial charge in [0, 0.05) is 14.4 Å². The zero-order valence-electron chi connectivity index (χ0n) is 17.1. The molecule has 1 saturated heterocycles. The maximum atomic E-state index is 14.5. The standard InChI is InChI=1S/C23H38F2Si/c1-4-6-7-8-9-12-26-13-10-19(11-14-26)20-16-22(24)21(23(25)17-20)15-18(3)5-2/h16-19,26H,4-15H2,1-3H3/t18-,19?,26?/m1/s1.